The molecule has 0 unspecified atom stereocenters. The summed E-state index contributed by atoms with van der Waals surface area (Å²) >= 11 is 0. The molecule has 1 heterocycles. The molecule has 5 nitrogen and oxygen atoms in total. The van der Waals surface area contributed by atoms with E-state index in [0.717, 1.165) is 24.3 Å². The number of benzene rings is 1. The highest BCUT2D eigenvalue weighted by atomic mass is 16.5. The monoisotopic (exact) mass is 287 g/mol. The number of hydrogen-bond donors (Lipinski definition) is 1. The maximum Gasteiger partial charge on any atom is 0.227 e. The van der Waals surface area contributed by atoms with Gasteiger partial charge in [0.2, 0.25) is 5.88 Å². The number of nitrogens with zero attached hydrogens (tertiary/aromatic N) is 2. The minimum atomic E-state index is 0.565. The molecule has 1 aromatic heterocycles. The standard InChI is InChI=1S/C16H21N3O2/c1-4-12-15(17-5-2)18-11-19-16(12)21-14-10-8-7-9-13(14)20-6-3/h7-11H,4-6H2,1-3H3,(H,17,18,19). The zero-order chi connectivity index (χ0) is 15.1. The summed E-state index contributed by atoms with van der Waals surface area (Å²) in [4.78, 5) is 8.53. The quantitative estimate of drug-likeness (QED) is 0.842. The maximum absolute atomic E-state index is 5.95. The average Bonchev–Trinajstić information content (AvgIpc) is 2.50. The van der Waals surface area contributed by atoms with Gasteiger partial charge in [0, 0.05) is 6.54 Å². The fourth-order valence-electron chi connectivity index (χ4n) is 2.04. The van der Waals surface area contributed by atoms with Crippen LogP contribution in [0, 0.1) is 0 Å². The van der Waals surface area contributed by atoms with Gasteiger partial charge in [-0.15, -0.1) is 0 Å². The van der Waals surface area contributed by atoms with E-state index in [1.165, 1.54) is 6.33 Å². The van der Waals surface area contributed by atoms with E-state index in [9.17, 15) is 0 Å². The molecule has 0 fully saturated rings. The van der Waals surface area contributed by atoms with Gasteiger partial charge >= 0.3 is 0 Å². The molecule has 0 aliphatic heterocycles. The van der Waals surface area contributed by atoms with Crippen LogP contribution in [0.3, 0.4) is 0 Å². The SMILES string of the molecule is CCNc1ncnc(Oc2ccccc2OCC)c1CC. The van der Waals surface area contributed by atoms with E-state index < -0.39 is 0 Å². The van der Waals surface area contributed by atoms with Gasteiger partial charge in [0.25, 0.3) is 0 Å². The number of nitrogens with one attached hydrogen (secondary N) is 1. The van der Waals surface area contributed by atoms with Crippen LogP contribution in [0.1, 0.15) is 26.3 Å². The molecule has 0 atom stereocenters. The average molecular weight is 287 g/mol. The van der Waals surface area contributed by atoms with Gasteiger partial charge in [-0.1, -0.05) is 19.1 Å². The molecular formula is C16H21N3O2. The summed E-state index contributed by atoms with van der Waals surface area (Å²) < 4.78 is 11.5. The third-order valence-electron chi connectivity index (χ3n) is 2.96. The van der Waals surface area contributed by atoms with Crippen molar-refractivity contribution in [2.24, 2.45) is 0 Å². The van der Waals surface area contributed by atoms with Gasteiger partial charge in [-0.05, 0) is 32.4 Å². The Balaban J connectivity index is 2.33. The number of hydrogen-bond acceptors (Lipinski definition) is 5. The number of rotatable bonds is 7. The van der Waals surface area contributed by atoms with Gasteiger partial charge in [-0.3, -0.25) is 0 Å². The van der Waals surface area contributed by atoms with Gasteiger partial charge in [0.1, 0.15) is 12.1 Å². The number of aromatic nitrogens is 2. The van der Waals surface area contributed by atoms with E-state index in [1.807, 2.05) is 38.1 Å². The Bertz CT molecular complexity index is 587. The van der Waals surface area contributed by atoms with Crippen molar-refractivity contribution in [3.8, 4) is 17.4 Å². The van der Waals surface area contributed by atoms with Crippen molar-refractivity contribution in [3.05, 3.63) is 36.2 Å². The highest BCUT2D eigenvalue weighted by Crippen LogP contribution is 2.33. The molecule has 0 radical (unpaired) electrons. The third-order valence-corrected chi connectivity index (χ3v) is 2.96. The second-order valence-corrected chi connectivity index (χ2v) is 4.37. The van der Waals surface area contributed by atoms with Crippen molar-refractivity contribution in [2.45, 2.75) is 27.2 Å². The van der Waals surface area contributed by atoms with Crippen molar-refractivity contribution in [2.75, 3.05) is 18.5 Å². The summed E-state index contributed by atoms with van der Waals surface area (Å²) in [5.41, 5.74) is 0.964. The highest BCUT2D eigenvalue weighted by Gasteiger charge is 2.13. The molecule has 1 N–H and O–H groups in total. The number of anilines is 1. The van der Waals surface area contributed by atoms with Crippen LogP contribution in [-0.2, 0) is 6.42 Å². The number of para-hydroxylation sites is 2. The summed E-state index contributed by atoms with van der Waals surface area (Å²) in [6, 6.07) is 7.59. The third kappa shape index (κ3) is 3.62. The Hall–Kier alpha value is -2.30. The highest BCUT2D eigenvalue weighted by molar-refractivity contribution is 5.51. The summed E-state index contributed by atoms with van der Waals surface area (Å²) in [7, 11) is 0. The lowest BCUT2D eigenvalue weighted by molar-refractivity contribution is 0.319. The Morgan fingerprint density at radius 2 is 1.81 bits per heavy atom. The van der Waals surface area contributed by atoms with Crippen molar-refractivity contribution < 1.29 is 9.47 Å². The normalized spacial score (nSPS) is 10.2. The van der Waals surface area contributed by atoms with Crippen molar-refractivity contribution in [1.29, 1.82) is 0 Å². The summed E-state index contributed by atoms with van der Waals surface area (Å²) in [6.07, 6.45) is 2.30. The van der Waals surface area contributed by atoms with Crippen LogP contribution in [0.15, 0.2) is 30.6 Å². The van der Waals surface area contributed by atoms with E-state index in [0.29, 0.717) is 24.0 Å². The van der Waals surface area contributed by atoms with E-state index in [4.69, 9.17) is 9.47 Å². The lowest BCUT2D eigenvalue weighted by atomic mass is 10.2. The topological polar surface area (TPSA) is 56.3 Å². The largest absolute Gasteiger partial charge is 0.490 e. The smallest absolute Gasteiger partial charge is 0.227 e. The molecule has 1 aromatic carbocycles. The fourth-order valence-corrected chi connectivity index (χ4v) is 2.04. The molecule has 0 bridgehead atoms. The van der Waals surface area contributed by atoms with E-state index in [2.05, 4.69) is 22.2 Å². The first-order chi connectivity index (χ1) is 10.3. The summed E-state index contributed by atoms with van der Waals surface area (Å²) in [6.45, 7) is 7.43. The first-order valence-electron chi connectivity index (χ1n) is 7.27. The lowest BCUT2D eigenvalue weighted by Crippen LogP contribution is -2.06. The first kappa shape index (κ1) is 15.1. The van der Waals surface area contributed by atoms with Crippen LogP contribution in [-0.4, -0.2) is 23.1 Å². The van der Waals surface area contributed by atoms with Crippen LogP contribution >= 0.6 is 0 Å². The Kier molecular flexibility index (Phi) is 5.37. The molecule has 0 saturated heterocycles. The molecule has 0 aliphatic rings. The van der Waals surface area contributed by atoms with Crippen LogP contribution in [0.2, 0.25) is 0 Å². The molecule has 2 aromatic rings. The molecule has 0 spiro atoms. The van der Waals surface area contributed by atoms with Crippen LogP contribution in [0.4, 0.5) is 5.82 Å². The van der Waals surface area contributed by atoms with Crippen molar-refractivity contribution in [1.82, 2.24) is 9.97 Å². The second kappa shape index (κ2) is 7.47. The Morgan fingerprint density at radius 1 is 1.05 bits per heavy atom. The van der Waals surface area contributed by atoms with E-state index >= 15 is 0 Å². The van der Waals surface area contributed by atoms with Gasteiger partial charge in [-0.25, -0.2) is 9.97 Å². The van der Waals surface area contributed by atoms with Gasteiger partial charge in [0.05, 0.1) is 12.2 Å². The van der Waals surface area contributed by atoms with Gasteiger partial charge < -0.3 is 14.8 Å². The first-order valence-corrected chi connectivity index (χ1v) is 7.27. The molecular weight excluding hydrogens is 266 g/mol. The molecule has 2 rings (SSSR count). The van der Waals surface area contributed by atoms with E-state index in [-0.39, 0.29) is 0 Å². The molecule has 0 aliphatic carbocycles. The van der Waals surface area contributed by atoms with Crippen LogP contribution < -0.4 is 14.8 Å². The predicted octanol–water partition coefficient (Wildman–Crippen LogP) is 3.66. The minimum Gasteiger partial charge on any atom is -0.490 e. The fraction of sp³-hybridized carbons (Fsp3) is 0.375. The summed E-state index contributed by atoms with van der Waals surface area (Å²) in [5.74, 6) is 2.76. The molecule has 21 heavy (non-hydrogen) atoms. The zero-order valence-corrected chi connectivity index (χ0v) is 12.7. The van der Waals surface area contributed by atoms with E-state index in [1.54, 1.807) is 0 Å². The molecule has 5 heteroatoms. The minimum absolute atomic E-state index is 0.565. The predicted molar refractivity (Wildman–Crippen MR) is 83.3 cm³/mol. The second-order valence-electron chi connectivity index (χ2n) is 4.37. The molecule has 0 amide bonds. The van der Waals surface area contributed by atoms with Crippen molar-refractivity contribution in [3.63, 3.8) is 0 Å². The summed E-state index contributed by atoms with van der Waals surface area (Å²) in [5, 5.41) is 3.23. The van der Waals surface area contributed by atoms with Gasteiger partial charge in [0.15, 0.2) is 11.5 Å². The molecule has 112 valence electrons. The Labute approximate surface area is 125 Å². The molecule has 0 saturated carbocycles. The maximum atomic E-state index is 5.95. The van der Waals surface area contributed by atoms with Crippen LogP contribution in [0.25, 0.3) is 0 Å². The lowest BCUT2D eigenvalue weighted by Gasteiger charge is -2.14. The Morgan fingerprint density at radius 3 is 2.48 bits per heavy atom. The van der Waals surface area contributed by atoms with Crippen LogP contribution in [0.5, 0.6) is 17.4 Å². The van der Waals surface area contributed by atoms with Gasteiger partial charge in [-0.2, -0.15) is 0 Å². The number of ether oxygens (including phenoxy) is 2. The zero-order valence-electron chi connectivity index (χ0n) is 12.7. The van der Waals surface area contributed by atoms with Crippen molar-refractivity contribution >= 4 is 5.82 Å².